The van der Waals surface area contributed by atoms with Crippen molar-refractivity contribution >= 4 is 6.09 Å². The molecule has 0 aromatic carbocycles. The van der Waals surface area contributed by atoms with Gasteiger partial charge in [-0.2, -0.15) is 0 Å². The first-order chi connectivity index (χ1) is 4.70. The SMILES string of the molecule is N[C@H]1CCC[C@@H]1NC(=O)O. The van der Waals surface area contributed by atoms with Gasteiger partial charge in [0.2, 0.25) is 0 Å². The van der Waals surface area contributed by atoms with E-state index >= 15 is 0 Å². The Morgan fingerprint density at radius 2 is 2.30 bits per heavy atom. The van der Waals surface area contributed by atoms with E-state index in [-0.39, 0.29) is 12.1 Å². The summed E-state index contributed by atoms with van der Waals surface area (Å²) in [4.78, 5) is 10.1. The van der Waals surface area contributed by atoms with Crippen LogP contribution in [-0.2, 0) is 0 Å². The summed E-state index contributed by atoms with van der Waals surface area (Å²) in [6.07, 6.45) is 1.88. The zero-order chi connectivity index (χ0) is 7.56. The van der Waals surface area contributed by atoms with Crippen LogP contribution in [0.5, 0.6) is 0 Å². The second-order valence-corrected chi connectivity index (χ2v) is 2.65. The highest BCUT2D eigenvalue weighted by Crippen LogP contribution is 2.16. The number of carboxylic acid groups (broad SMARTS) is 1. The van der Waals surface area contributed by atoms with Crippen molar-refractivity contribution < 1.29 is 9.90 Å². The highest BCUT2D eigenvalue weighted by atomic mass is 16.4. The van der Waals surface area contributed by atoms with Crippen molar-refractivity contribution in [3.8, 4) is 0 Å². The zero-order valence-electron chi connectivity index (χ0n) is 5.71. The van der Waals surface area contributed by atoms with Crippen molar-refractivity contribution in [2.45, 2.75) is 31.3 Å². The lowest BCUT2D eigenvalue weighted by Gasteiger charge is -2.13. The smallest absolute Gasteiger partial charge is 0.404 e. The van der Waals surface area contributed by atoms with Crippen molar-refractivity contribution in [2.24, 2.45) is 5.73 Å². The number of hydrogen-bond donors (Lipinski definition) is 3. The topological polar surface area (TPSA) is 75.3 Å². The van der Waals surface area contributed by atoms with Crippen LogP contribution in [0.4, 0.5) is 4.79 Å². The molecule has 1 rings (SSSR count). The molecule has 4 nitrogen and oxygen atoms in total. The van der Waals surface area contributed by atoms with E-state index in [1.165, 1.54) is 0 Å². The van der Waals surface area contributed by atoms with E-state index in [2.05, 4.69) is 5.32 Å². The molecule has 0 bridgehead atoms. The largest absolute Gasteiger partial charge is 0.465 e. The highest BCUT2D eigenvalue weighted by Gasteiger charge is 2.24. The minimum absolute atomic E-state index is 0.0162. The van der Waals surface area contributed by atoms with Crippen molar-refractivity contribution in [1.82, 2.24) is 5.32 Å². The van der Waals surface area contributed by atoms with Crippen molar-refractivity contribution in [2.75, 3.05) is 0 Å². The Labute approximate surface area is 59.4 Å². The second-order valence-electron chi connectivity index (χ2n) is 2.65. The maximum atomic E-state index is 10.1. The fourth-order valence-corrected chi connectivity index (χ4v) is 1.33. The van der Waals surface area contributed by atoms with Gasteiger partial charge < -0.3 is 16.2 Å². The van der Waals surface area contributed by atoms with Gasteiger partial charge in [-0.05, 0) is 19.3 Å². The van der Waals surface area contributed by atoms with Crippen molar-refractivity contribution in [1.29, 1.82) is 0 Å². The molecule has 4 heteroatoms. The Balaban J connectivity index is 2.33. The third-order valence-electron chi connectivity index (χ3n) is 1.88. The van der Waals surface area contributed by atoms with E-state index in [1.54, 1.807) is 0 Å². The molecule has 0 heterocycles. The van der Waals surface area contributed by atoms with Gasteiger partial charge in [-0.1, -0.05) is 0 Å². The van der Waals surface area contributed by atoms with Crippen LogP contribution >= 0.6 is 0 Å². The van der Waals surface area contributed by atoms with Crippen molar-refractivity contribution in [3.05, 3.63) is 0 Å². The van der Waals surface area contributed by atoms with Crippen LogP contribution in [0.1, 0.15) is 19.3 Å². The summed E-state index contributed by atoms with van der Waals surface area (Å²) in [6, 6.07) is 0.00796. The quantitative estimate of drug-likeness (QED) is 0.489. The molecule has 0 spiro atoms. The minimum atomic E-state index is -0.970. The van der Waals surface area contributed by atoms with Gasteiger partial charge in [-0.25, -0.2) is 4.79 Å². The standard InChI is InChI=1S/C6H12N2O2/c7-4-2-1-3-5(4)8-6(9)10/h4-5,8H,1-3,7H2,(H,9,10)/t4-,5-/m0/s1. The summed E-state index contributed by atoms with van der Waals surface area (Å²) in [5.41, 5.74) is 5.60. The second kappa shape index (κ2) is 2.88. The van der Waals surface area contributed by atoms with Gasteiger partial charge in [0.25, 0.3) is 0 Å². The summed E-state index contributed by atoms with van der Waals surface area (Å²) < 4.78 is 0. The molecule has 1 fully saturated rings. The molecule has 1 aliphatic rings. The molecule has 10 heavy (non-hydrogen) atoms. The first-order valence-electron chi connectivity index (χ1n) is 3.45. The number of amides is 1. The Kier molecular flexibility index (Phi) is 2.11. The Bertz CT molecular complexity index is 138. The zero-order valence-corrected chi connectivity index (χ0v) is 5.71. The highest BCUT2D eigenvalue weighted by molar-refractivity contribution is 5.65. The van der Waals surface area contributed by atoms with E-state index in [4.69, 9.17) is 10.8 Å². The molecule has 1 saturated carbocycles. The average Bonchev–Trinajstić information content (AvgIpc) is 2.15. The number of carbonyl (C=O) groups is 1. The molecule has 0 saturated heterocycles. The monoisotopic (exact) mass is 144 g/mol. The van der Waals surface area contributed by atoms with E-state index in [0.717, 1.165) is 19.3 Å². The van der Waals surface area contributed by atoms with Crippen LogP contribution in [0, 0.1) is 0 Å². The van der Waals surface area contributed by atoms with Gasteiger partial charge >= 0.3 is 6.09 Å². The molecule has 0 unspecified atom stereocenters. The molecule has 2 atom stereocenters. The first kappa shape index (κ1) is 7.34. The summed E-state index contributed by atoms with van der Waals surface area (Å²) in [5.74, 6) is 0. The fourth-order valence-electron chi connectivity index (χ4n) is 1.33. The van der Waals surface area contributed by atoms with Crippen LogP contribution < -0.4 is 11.1 Å². The average molecular weight is 144 g/mol. The Morgan fingerprint density at radius 3 is 2.70 bits per heavy atom. The van der Waals surface area contributed by atoms with Gasteiger partial charge in [-0.15, -0.1) is 0 Å². The Hall–Kier alpha value is -0.770. The van der Waals surface area contributed by atoms with Crippen molar-refractivity contribution in [3.63, 3.8) is 0 Å². The molecule has 4 N–H and O–H groups in total. The van der Waals surface area contributed by atoms with Gasteiger partial charge in [0, 0.05) is 12.1 Å². The summed E-state index contributed by atoms with van der Waals surface area (Å²) in [5, 5.41) is 10.7. The predicted molar refractivity (Wildman–Crippen MR) is 36.8 cm³/mol. The van der Waals surface area contributed by atoms with Crippen LogP contribution in [0.2, 0.25) is 0 Å². The number of nitrogens with one attached hydrogen (secondary N) is 1. The van der Waals surface area contributed by atoms with E-state index in [0.29, 0.717) is 0 Å². The molecule has 0 radical (unpaired) electrons. The maximum absolute atomic E-state index is 10.1. The Morgan fingerprint density at radius 1 is 1.60 bits per heavy atom. The lowest BCUT2D eigenvalue weighted by molar-refractivity contribution is 0.189. The third kappa shape index (κ3) is 1.60. The van der Waals surface area contributed by atoms with Gasteiger partial charge in [0.1, 0.15) is 0 Å². The van der Waals surface area contributed by atoms with Crippen LogP contribution in [0.15, 0.2) is 0 Å². The lowest BCUT2D eigenvalue weighted by atomic mass is 10.2. The van der Waals surface area contributed by atoms with Gasteiger partial charge in [0.05, 0.1) is 0 Å². The summed E-state index contributed by atoms with van der Waals surface area (Å²) >= 11 is 0. The van der Waals surface area contributed by atoms with E-state index in [1.807, 2.05) is 0 Å². The molecule has 0 aromatic heterocycles. The summed E-state index contributed by atoms with van der Waals surface area (Å²) in [6.45, 7) is 0. The number of nitrogens with two attached hydrogens (primary N) is 1. The number of hydrogen-bond acceptors (Lipinski definition) is 2. The normalized spacial score (nSPS) is 32.1. The maximum Gasteiger partial charge on any atom is 0.404 e. The fraction of sp³-hybridized carbons (Fsp3) is 0.833. The molecule has 0 aromatic rings. The lowest BCUT2D eigenvalue weighted by Crippen LogP contribution is -2.43. The third-order valence-corrected chi connectivity index (χ3v) is 1.88. The van der Waals surface area contributed by atoms with E-state index in [9.17, 15) is 4.79 Å². The molecular formula is C6H12N2O2. The molecule has 0 aliphatic heterocycles. The van der Waals surface area contributed by atoms with Crippen LogP contribution in [-0.4, -0.2) is 23.3 Å². The molecule has 1 aliphatic carbocycles. The summed E-state index contributed by atoms with van der Waals surface area (Å²) in [7, 11) is 0. The molecular weight excluding hydrogens is 132 g/mol. The molecule has 58 valence electrons. The number of rotatable bonds is 1. The first-order valence-corrected chi connectivity index (χ1v) is 3.45. The minimum Gasteiger partial charge on any atom is -0.465 e. The van der Waals surface area contributed by atoms with Gasteiger partial charge in [-0.3, -0.25) is 0 Å². The van der Waals surface area contributed by atoms with Gasteiger partial charge in [0.15, 0.2) is 0 Å². The molecule has 1 amide bonds. The predicted octanol–water partition coefficient (Wildman–Crippen LogP) is 0.134. The van der Waals surface area contributed by atoms with Crippen LogP contribution in [0.3, 0.4) is 0 Å². The van der Waals surface area contributed by atoms with E-state index < -0.39 is 6.09 Å². The van der Waals surface area contributed by atoms with Crippen LogP contribution in [0.25, 0.3) is 0 Å².